The lowest BCUT2D eigenvalue weighted by Crippen LogP contribution is -2.35. The monoisotopic (exact) mass is 397 g/mol. The highest BCUT2D eigenvalue weighted by Crippen LogP contribution is 2.30. The van der Waals surface area contributed by atoms with Crippen molar-refractivity contribution in [2.75, 3.05) is 19.6 Å². The quantitative estimate of drug-likeness (QED) is 0.651. The predicted molar refractivity (Wildman–Crippen MR) is 117 cm³/mol. The Balaban J connectivity index is 1.57. The van der Waals surface area contributed by atoms with Crippen LogP contribution >= 0.6 is 0 Å². The van der Waals surface area contributed by atoms with Gasteiger partial charge in [-0.05, 0) is 69.8 Å². The van der Waals surface area contributed by atoms with E-state index in [-0.39, 0.29) is 0 Å². The van der Waals surface area contributed by atoms with E-state index in [0.717, 1.165) is 32.5 Å². The highest BCUT2D eigenvalue weighted by Gasteiger charge is 2.35. The molecule has 0 aliphatic carbocycles. The van der Waals surface area contributed by atoms with Gasteiger partial charge < -0.3 is 0 Å². The van der Waals surface area contributed by atoms with Crippen molar-refractivity contribution in [3.05, 3.63) is 71.8 Å². The molecule has 0 amide bonds. The van der Waals surface area contributed by atoms with Gasteiger partial charge in [-0.3, -0.25) is 4.90 Å². The third-order valence-corrected chi connectivity index (χ3v) is 8.24. The van der Waals surface area contributed by atoms with Crippen LogP contribution in [0.15, 0.2) is 65.6 Å². The van der Waals surface area contributed by atoms with E-state index in [1.165, 1.54) is 16.7 Å². The molecule has 4 heteroatoms. The zero-order valence-corrected chi connectivity index (χ0v) is 18.0. The Morgan fingerprint density at radius 1 is 1.00 bits per heavy atom. The minimum atomic E-state index is -3.33. The minimum absolute atomic E-state index is 0.419. The maximum absolute atomic E-state index is 13.0. The summed E-state index contributed by atoms with van der Waals surface area (Å²) in [5.41, 5.74) is 3.95. The van der Waals surface area contributed by atoms with Crippen molar-refractivity contribution >= 4 is 15.4 Å². The molecule has 0 saturated heterocycles. The van der Waals surface area contributed by atoms with Crippen LogP contribution in [0.3, 0.4) is 0 Å². The Labute approximate surface area is 170 Å². The van der Waals surface area contributed by atoms with Gasteiger partial charge in [-0.25, -0.2) is 8.42 Å². The van der Waals surface area contributed by atoms with Gasteiger partial charge in [0.15, 0.2) is 9.84 Å². The number of sulfone groups is 1. The molecule has 0 N–H and O–H groups in total. The molecule has 3 nitrogen and oxygen atoms in total. The van der Waals surface area contributed by atoms with Gasteiger partial charge in [-0.2, -0.15) is 0 Å². The second-order valence-electron chi connectivity index (χ2n) is 8.34. The average molecular weight is 398 g/mol. The number of hydrogen-bond acceptors (Lipinski definition) is 3. The van der Waals surface area contributed by atoms with Gasteiger partial charge in [0.05, 0.1) is 9.64 Å². The van der Waals surface area contributed by atoms with Gasteiger partial charge in [-0.1, -0.05) is 54.1 Å². The lowest BCUT2D eigenvalue weighted by molar-refractivity contribution is 0.292. The van der Waals surface area contributed by atoms with Crippen LogP contribution in [0.2, 0.25) is 0 Å². The fourth-order valence-electron chi connectivity index (χ4n) is 3.75. The van der Waals surface area contributed by atoms with Crippen LogP contribution in [0.5, 0.6) is 0 Å². The van der Waals surface area contributed by atoms with Crippen molar-refractivity contribution < 1.29 is 8.42 Å². The molecular weight excluding hydrogens is 366 g/mol. The minimum Gasteiger partial charge on any atom is -0.299 e. The maximum Gasteiger partial charge on any atom is 0.183 e. The van der Waals surface area contributed by atoms with Crippen LogP contribution in [0.1, 0.15) is 44.2 Å². The summed E-state index contributed by atoms with van der Waals surface area (Å²) in [6.45, 7) is 8.72. The van der Waals surface area contributed by atoms with Crippen LogP contribution in [0.4, 0.5) is 0 Å². The number of nitrogens with zero attached hydrogens (tertiary/aromatic N) is 1. The Hall–Kier alpha value is -1.91. The number of benzene rings is 2. The molecule has 0 saturated carbocycles. The van der Waals surface area contributed by atoms with Crippen LogP contribution < -0.4 is 0 Å². The van der Waals surface area contributed by atoms with E-state index >= 15 is 0 Å². The first-order valence-electron chi connectivity index (χ1n) is 10.1. The molecule has 0 radical (unpaired) electrons. The lowest BCUT2D eigenvalue weighted by atomic mass is 9.99. The van der Waals surface area contributed by atoms with E-state index in [1.807, 2.05) is 19.9 Å². The molecular formula is C24H31NO2S. The summed E-state index contributed by atoms with van der Waals surface area (Å²) in [5.74, 6) is 0. The molecule has 1 aliphatic rings. The fraction of sp³-hybridized carbons (Fsp3) is 0.417. The molecule has 28 heavy (non-hydrogen) atoms. The van der Waals surface area contributed by atoms with Crippen molar-refractivity contribution in [2.45, 2.75) is 49.7 Å². The molecule has 0 fully saturated rings. The predicted octanol–water partition coefficient (Wildman–Crippen LogP) is 5.12. The van der Waals surface area contributed by atoms with Crippen molar-refractivity contribution in [1.29, 1.82) is 0 Å². The van der Waals surface area contributed by atoms with Crippen LogP contribution in [-0.4, -0.2) is 37.7 Å². The maximum atomic E-state index is 13.0. The van der Waals surface area contributed by atoms with Gasteiger partial charge >= 0.3 is 0 Å². The van der Waals surface area contributed by atoms with Crippen molar-refractivity contribution in [2.24, 2.45) is 0 Å². The Kier molecular flexibility index (Phi) is 6.41. The lowest BCUT2D eigenvalue weighted by Gasteiger charge is -2.30. The van der Waals surface area contributed by atoms with Crippen molar-refractivity contribution in [3.8, 4) is 0 Å². The second-order valence-corrected chi connectivity index (χ2v) is 10.9. The number of hydrogen-bond donors (Lipinski definition) is 0. The first kappa shape index (κ1) is 20.8. The van der Waals surface area contributed by atoms with Gasteiger partial charge in [-0.15, -0.1) is 0 Å². The largest absolute Gasteiger partial charge is 0.299 e. The third-order valence-electron chi connectivity index (χ3n) is 5.69. The summed E-state index contributed by atoms with van der Waals surface area (Å²) in [6, 6.07) is 17.5. The molecule has 2 aromatic rings. The molecule has 0 spiro atoms. The zero-order chi connectivity index (χ0) is 20.2. The summed E-state index contributed by atoms with van der Waals surface area (Å²) < 4.78 is 25.2. The molecule has 0 atom stereocenters. The standard InChI is InChI=1S/C24H31NO2S/c1-20-12-14-21(15-13-20)22-9-7-17-25(19-22)18-8-16-24(2,3)28(26,27)23-10-5-4-6-11-23/h4-6,9-15H,7-8,16-19H2,1-3H3. The molecule has 2 aromatic carbocycles. The van der Waals surface area contributed by atoms with E-state index in [2.05, 4.69) is 42.2 Å². The normalized spacial score (nSPS) is 16.0. The Bertz CT molecular complexity index is 913. The van der Waals surface area contributed by atoms with E-state index in [4.69, 9.17) is 0 Å². The summed E-state index contributed by atoms with van der Waals surface area (Å²) in [7, 11) is -3.33. The average Bonchev–Trinajstić information content (AvgIpc) is 2.69. The van der Waals surface area contributed by atoms with Gasteiger partial charge in [0.2, 0.25) is 0 Å². The molecule has 3 rings (SSSR count). The second kappa shape index (κ2) is 8.62. The Morgan fingerprint density at radius 2 is 1.68 bits per heavy atom. The first-order valence-corrected chi connectivity index (χ1v) is 11.6. The molecule has 0 bridgehead atoms. The van der Waals surface area contributed by atoms with E-state index in [9.17, 15) is 8.42 Å². The van der Waals surface area contributed by atoms with E-state index in [0.29, 0.717) is 11.3 Å². The SMILES string of the molecule is Cc1ccc(C2=CCCN(CCCC(C)(C)S(=O)(=O)c3ccccc3)C2)cc1. The molecule has 150 valence electrons. The molecule has 0 unspecified atom stereocenters. The number of aryl methyl sites for hydroxylation is 1. The summed E-state index contributed by atoms with van der Waals surface area (Å²) in [5, 5.41) is 0. The molecule has 0 aromatic heterocycles. The number of rotatable bonds is 7. The molecule has 1 heterocycles. The molecule has 1 aliphatic heterocycles. The topological polar surface area (TPSA) is 37.4 Å². The van der Waals surface area contributed by atoms with Gasteiger partial charge in [0.1, 0.15) is 0 Å². The van der Waals surface area contributed by atoms with Gasteiger partial charge in [0.25, 0.3) is 0 Å². The first-order chi connectivity index (χ1) is 13.3. The highest BCUT2D eigenvalue weighted by atomic mass is 32.2. The van der Waals surface area contributed by atoms with Gasteiger partial charge in [0, 0.05) is 13.1 Å². The summed E-state index contributed by atoms with van der Waals surface area (Å²) in [6.07, 6.45) is 4.92. The van der Waals surface area contributed by atoms with E-state index < -0.39 is 14.6 Å². The zero-order valence-electron chi connectivity index (χ0n) is 17.2. The Morgan fingerprint density at radius 3 is 2.36 bits per heavy atom. The van der Waals surface area contributed by atoms with Crippen LogP contribution in [0.25, 0.3) is 5.57 Å². The van der Waals surface area contributed by atoms with Crippen LogP contribution in [-0.2, 0) is 9.84 Å². The van der Waals surface area contributed by atoms with Crippen molar-refractivity contribution in [1.82, 2.24) is 4.90 Å². The fourth-order valence-corrected chi connectivity index (χ4v) is 5.32. The van der Waals surface area contributed by atoms with Crippen molar-refractivity contribution in [3.63, 3.8) is 0 Å². The highest BCUT2D eigenvalue weighted by molar-refractivity contribution is 7.92. The smallest absolute Gasteiger partial charge is 0.183 e. The summed E-state index contributed by atoms with van der Waals surface area (Å²) >= 11 is 0. The summed E-state index contributed by atoms with van der Waals surface area (Å²) in [4.78, 5) is 2.86. The third kappa shape index (κ3) is 4.73. The van der Waals surface area contributed by atoms with E-state index in [1.54, 1.807) is 24.3 Å². The van der Waals surface area contributed by atoms with Crippen LogP contribution in [0, 0.1) is 6.92 Å².